The van der Waals surface area contributed by atoms with Gasteiger partial charge >= 0.3 is 0 Å². The third-order valence-electron chi connectivity index (χ3n) is 1.48. The van der Waals surface area contributed by atoms with E-state index in [4.69, 9.17) is 5.73 Å². The van der Waals surface area contributed by atoms with Crippen molar-refractivity contribution in [2.75, 3.05) is 5.73 Å². The predicted molar refractivity (Wildman–Crippen MR) is 51.3 cm³/mol. The van der Waals surface area contributed by atoms with Gasteiger partial charge in [0.25, 0.3) is 5.56 Å². The van der Waals surface area contributed by atoms with Crippen LogP contribution in [0.3, 0.4) is 0 Å². The Balaban J connectivity index is 3.08. The molecule has 12 heavy (non-hydrogen) atoms. The Labute approximate surface area is 75.6 Å². The quantitative estimate of drug-likeness (QED) is 0.595. The van der Waals surface area contributed by atoms with Gasteiger partial charge in [-0.3, -0.25) is 4.79 Å². The Morgan fingerprint density at radius 1 is 1.83 bits per heavy atom. The van der Waals surface area contributed by atoms with Crippen LogP contribution in [0.1, 0.15) is 24.4 Å². The largest absolute Gasteiger partial charge is 0.383 e. The molecule has 0 spiro atoms. The van der Waals surface area contributed by atoms with Gasteiger partial charge in [0.05, 0.1) is 5.25 Å². The smallest absolute Gasteiger partial charge is 0.253 e. The van der Waals surface area contributed by atoms with E-state index in [0.29, 0.717) is 5.82 Å². The number of aromatic amines is 1. The SMILES string of the molecule is CCC(S)c1nc(N)cc(=O)[nH]1. The molecule has 0 bridgehead atoms. The molecule has 0 radical (unpaired) electrons. The highest BCUT2D eigenvalue weighted by Gasteiger charge is 2.06. The number of nitrogens with two attached hydrogens (primary N) is 1. The van der Waals surface area contributed by atoms with Crippen LogP contribution in [-0.4, -0.2) is 9.97 Å². The number of hydrogen-bond donors (Lipinski definition) is 3. The molecule has 1 aromatic heterocycles. The standard InChI is InChI=1S/C7H11N3OS/c1-2-4(12)7-9-5(8)3-6(11)10-7/h3-4,12H,2H2,1H3,(H3,8,9,10,11). The summed E-state index contributed by atoms with van der Waals surface area (Å²) >= 11 is 4.23. The monoisotopic (exact) mass is 185 g/mol. The van der Waals surface area contributed by atoms with Gasteiger partial charge in [-0.25, -0.2) is 4.98 Å². The summed E-state index contributed by atoms with van der Waals surface area (Å²) < 4.78 is 0. The highest BCUT2D eigenvalue weighted by atomic mass is 32.1. The molecule has 0 aromatic carbocycles. The van der Waals surface area contributed by atoms with Crippen LogP contribution < -0.4 is 11.3 Å². The van der Waals surface area contributed by atoms with Crippen molar-refractivity contribution < 1.29 is 0 Å². The Morgan fingerprint density at radius 2 is 2.50 bits per heavy atom. The fraction of sp³-hybridized carbons (Fsp3) is 0.429. The van der Waals surface area contributed by atoms with Crippen LogP contribution in [0.4, 0.5) is 5.82 Å². The zero-order chi connectivity index (χ0) is 9.14. The maximum Gasteiger partial charge on any atom is 0.253 e. The van der Waals surface area contributed by atoms with E-state index in [-0.39, 0.29) is 16.6 Å². The molecule has 4 nitrogen and oxygen atoms in total. The molecule has 0 saturated heterocycles. The summed E-state index contributed by atoms with van der Waals surface area (Å²) in [6.45, 7) is 1.96. The first-order valence-corrected chi connectivity index (χ1v) is 4.20. The molecule has 5 heteroatoms. The summed E-state index contributed by atoms with van der Waals surface area (Å²) in [5.41, 5.74) is 5.16. The minimum Gasteiger partial charge on any atom is -0.383 e. The molecule has 0 fully saturated rings. The van der Waals surface area contributed by atoms with Crippen molar-refractivity contribution in [2.45, 2.75) is 18.6 Å². The lowest BCUT2D eigenvalue weighted by Crippen LogP contribution is -2.13. The molecule has 1 unspecified atom stereocenters. The number of nitrogens with one attached hydrogen (secondary N) is 1. The third-order valence-corrected chi connectivity index (χ3v) is 2.09. The molecule has 0 amide bonds. The van der Waals surface area contributed by atoms with E-state index in [9.17, 15) is 4.79 Å². The first-order valence-electron chi connectivity index (χ1n) is 3.68. The molecule has 0 aliphatic carbocycles. The molecule has 1 rings (SSSR count). The number of anilines is 1. The van der Waals surface area contributed by atoms with Crippen LogP contribution in [0.15, 0.2) is 10.9 Å². The third kappa shape index (κ3) is 2.01. The van der Waals surface area contributed by atoms with E-state index in [1.807, 2.05) is 6.92 Å². The van der Waals surface area contributed by atoms with E-state index >= 15 is 0 Å². The molecule has 66 valence electrons. The van der Waals surface area contributed by atoms with Gasteiger partial charge in [0.1, 0.15) is 11.6 Å². The normalized spacial score (nSPS) is 12.8. The molecule has 1 heterocycles. The Kier molecular flexibility index (Phi) is 2.75. The molecular weight excluding hydrogens is 174 g/mol. The zero-order valence-corrected chi connectivity index (χ0v) is 7.64. The summed E-state index contributed by atoms with van der Waals surface area (Å²) in [6, 6.07) is 1.25. The summed E-state index contributed by atoms with van der Waals surface area (Å²) in [5.74, 6) is 0.770. The lowest BCUT2D eigenvalue weighted by molar-refractivity contribution is 0.813. The second-order valence-electron chi connectivity index (χ2n) is 2.48. The van der Waals surface area contributed by atoms with Crippen molar-refractivity contribution >= 4 is 18.4 Å². The maximum absolute atomic E-state index is 10.9. The van der Waals surface area contributed by atoms with Crippen molar-refractivity contribution in [1.82, 2.24) is 9.97 Å². The van der Waals surface area contributed by atoms with E-state index in [1.54, 1.807) is 0 Å². The van der Waals surface area contributed by atoms with Crippen LogP contribution in [0.2, 0.25) is 0 Å². The fourth-order valence-corrected chi connectivity index (χ4v) is 0.969. The maximum atomic E-state index is 10.9. The van der Waals surface area contributed by atoms with Crippen molar-refractivity contribution in [2.24, 2.45) is 0 Å². The number of H-pyrrole nitrogens is 1. The Hall–Kier alpha value is -0.970. The summed E-state index contributed by atoms with van der Waals surface area (Å²) in [5, 5.41) is -0.0544. The summed E-state index contributed by atoms with van der Waals surface area (Å²) in [4.78, 5) is 17.4. The molecule has 0 aliphatic rings. The van der Waals surface area contributed by atoms with Gasteiger partial charge in [0.2, 0.25) is 0 Å². The molecule has 0 aliphatic heterocycles. The number of nitrogen functional groups attached to an aromatic ring is 1. The topological polar surface area (TPSA) is 71.8 Å². The number of nitrogens with zero attached hydrogens (tertiary/aromatic N) is 1. The molecular formula is C7H11N3OS. The van der Waals surface area contributed by atoms with Crippen LogP contribution in [0.25, 0.3) is 0 Å². The number of rotatable bonds is 2. The van der Waals surface area contributed by atoms with Crippen molar-refractivity contribution in [3.63, 3.8) is 0 Å². The first-order chi connectivity index (χ1) is 5.63. The molecule has 0 saturated carbocycles. The van der Waals surface area contributed by atoms with E-state index in [0.717, 1.165) is 6.42 Å². The second kappa shape index (κ2) is 3.62. The minimum atomic E-state index is -0.231. The van der Waals surface area contributed by atoms with Gasteiger partial charge in [-0.1, -0.05) is 6.92 Å². The minimum absolute atomic E-state index is 0.0544. The molecule has 1 aromatic rings. The Morgan fingerprint density at radius 3 is 3.00 bits per heavy atom. The van der Waals surface area contributed by atoms with Gasteiger partial charge < -0.3 is 10.7 Å². The van der Waals surface area contributed by atoms with Gasteiger partial charge in [-0.05, 0) is 6.42 Å². The lowest BCUT2D eigenvalue weighted by atomic mass is 10.3. The van der Waals surface area contributed by atoms with Gasteiger partial charge in [-0.2, -0.15) is 12.6 Å². The first kappa shape index (κ1) is 9.12. The van der Waals surface area contributed by atoms with Crippen LogP contribution in [0.5, 0.6) is 0 Å². The number of thiol groups is 1. The second-order valence-corrected chi connectivity index (χ2v) is 3.10. The van der Waals surface area contributed by atoms with Crippen molar-refractivity contribution in [3.05, 3.63) is 22.2 Å². The van der Waals surface area contributed by atoms with Gasteiger partial charge in [0.15, 0.2) is 0 Å². The van der Waals surface area contributed by atoms with Crippen LogP contribution in [-0.2, 0) is 0 Å². The predicted octanol–water partition coefficient (Wildman–Crippen LogP) is 0.733. The Bertz CT molecular complexity index is 323. The zero-order valence-electron chi connectivity index (χ0n) is 6.74. The highest BCUT2D eigenvalue weighted by molar-refractivity contribution is 7.80. The van der Waals surface area contributed by atoms with E-state index in [2.05, 4.69) is 22.6 Å². The number of aromatic nitrogens is 2. The van der Waals surface area contributed by atoms with Crippen molar-refractivity contribution in [3.8, 4) is 0 Å². The fourth-order valence-electron chi connectivity index (χ4n) is 0.847. The summed E-state index contributed by atoms with van der Waals surface area (Å²) in [6.07, 6.45) is 0.801. The van der Waals surface area contributed by atoms with E-state index in [1.165, 1.54) is 6.07 Å². The van der Waals surface area contributed by atoms with Gasteiger partial charge in [0, 0.05) is 6.07 Å². The van der Waals surface area contributed by atoms with Crippen LogP contribution >= 0.6 is 12.6 Å². The average Bonchev–Trinajstić information content (AvgIpc) is 2.01. The van der Waals surface area contributed by atoms with E-state index < -0.39 is 0 Å². The lowest BCUT2D eigenvalue weighted by Gasteiger charge is -2.05. The summed E-state index contributed by atoms with van der Waals surface area (Å²) in [7, 11) is 0. The highest BCUT2D eigenvalue weighted by Crippen LogP contribution is 2.18. The number of hydrogen-bond acceptors (Lipinski definition) is 4. The molecule has 1 atom stereocenters. The average molecular weight is 185 g/mol. The van der Waals surface area contributed by atoms with Gasteiger partial charge in [-0.15, -0.1) is 0 Å². The van der Waals surface area contributed by atoms with Crippen LogP contribution in [0, 0.1) is 0 Å². The van der Waals surface area contributed by atoms with Crippen molar-refractivity contribution in [1.29, 1.82) is 0 Å². The molecule has 3 N–H and O–H groups in total.